The number of imidazole rings is 1. The molecule has 0 spiro atoms. The van der Waals surface area contributed by atoms with Gasteiger partial charge in [-0.2, -0.15) is 4.98 Å². The molecule has 7 nitrogen and oxygen atoms in total. The van der Waals surface area contributed by atoms with Gasteiger partial charge in [0.25, 0.3) is 0 Å². The molecule has 2 aromatic heterocycles. The van der Waals surface area contributed by atoms with Crippen LogP contribution in [-0.4, -0.2) is 57.6 Å². The first-order valence-electron chi connectivity index (χ1n) is 11.7. The van der Waals surface area contributed by atoms with E-state index >= 15 is 0 Å². The summed E-state index contributed by atoms with van der Waals surface area (Å²) in [7, 11) is 3.65. The normalized spacial score (nSPS) is 11.6. The van der Waals surface area contributed by atoms with Crippen LogP contribution in [0.4, 0.5) is 0 Å². The lowest BCUT2D eigenvalue weighted by atomic mass is 10.1. The number of esters is 1. The summed E-state index contributed by atoms with van der Waals surface area (Å²) < 4.78 is 6.76. The number of methoxy groups -OCH3 is 1. The Labute approximate surface area is 201 Å². The van der Waals surface area contributed by atoms with Crippen molar-refractivity contribution in [2.45, 2.75) is 84.1 Å². The fourth-order valence-corrected chi connectivity index (χ4v) is 4.40. The lowest BCUT2D eigenvalue weighted by Gasteiger charge is -2.16. The van der Waals surface area contributed by atoms with Gasteiger partial charge in [-0.3, -0.25) is 4.79 Å². The van der Waals surface area contributed by atoms with Crippen LogP contribution in [0, 0.1) is 6.92 Å². The standard InChI is InChI=1S/C23H37Cl2N5O2/c1-18-26-22-20(21(24)27-23(25)28-22)30(18)17-13-8-5-4-7-11-15-29(2)16-12-9-6-10-14-19(31)32-3/h4-17H2,1-3H3. The zero-order valence-electron chi connectivity index (χ0n) is 19.7. The van der Waals surface area contributed by atoms with Crippen molar-refractivity contribution >= 4 is 40.3 Å². The average Bonchev–Trinajstić information content (AvgIpc) is 3.07. The molecule has 180 valence electrons. The highest BCUT2D eigenvalue weighted by Crippen LogP contribution is 2.24. The van der Waals surface area contributed by atoms with Crippen LogP contribution >= 0.6 is 23.2 Å². The summed E-state index contributed by atoms with van der Waals surface area (Å²) in [5, 5.41) is 0.499. The van der Waals surface area contributed by atoms with Crippen LogP contribution in [0.3, 0.4) is 0 Å². The molecule has 9 heteroatoms. The number of hydrogen-bond donors (Lipinski definition) is 0. The minimum atomic E-state index is -0.100. The van der Waals surface area contributed by atoms with Crippen molar-refractivity contribution < 1.29 is 9.53 Å². The Hall–Kier alpha value is -1.44. The molecule has 0 bridgehead atoms. The zero-order valence-corrected chi connectivity index (χ0v) is 21.2. The van der Waals surface area contributed by atoms with E-state index < -0.39 is 0 Å². The van der Waals surface area contributed by atoms with Gasteiger partial charge in [0.2, 0.25) is 5.28 Å². The second kappa shape index (κ2) is 14.7. The second-order valence-electron chi connectivity index (χ2n) is 8.43. The van der Waals surface area contributed by atoms with E-state index in [9.17, 15) is 4.79 Å². The first kappa shape index (κ1) is 26.8. The first-order valence-corrected chi connectivity index (χ1v) is 12.5. The Morgan fingerprint density at radius 1 is 0.906 bits per heavy atom. The van der Waals surface area contributed by atoms with Gasteiger partial charge in [-0.15, -0.1) is 0 Å². The smallest absolute Gasteiger partial charge is 0.305 e. The van der Waals surface area contributed by atoms with E-state index in [4.69, 9.17) is 23.2 Å². The number of nitrogens with zero attached hydrogens (tertiary/aromatic N) is 5. The van der Waals surface area contributed by atoms with Gasteiger partial charge in [0.15, 0.2) is 10.8 Å². The van der Waals surface area contributed by atoms with Crippen LogP contribution in [-0.2, 0) is 16.1 Å². The zero-order chi connectivity index (χ0) is 23.3. The molecule has 2 aromatic rings. The third-order valence-electron chi connectivity index (χ3n) is 5.79. The molecule has 0 N–H and O–H groups in total. The van der Waals surface area contributed by atoms with Crippen molar-refractivity contribution in [3.63, 3.8) is 0 Å². The lowest BCUT2D eigenvalue weighted by Crippen LogP contribution is -2.20. The monoisotopic (exact) mass is 485 g/mol. The quantitative estimate of drug-likeness (QED) is 0.129. The minimum absolute atomic E-state index is 0.100. The summed E-state index contributed by atoms with van der Waals surface area (Å²) >= 11 is 12.1. The van der Waals surface area contributed by atoms with Gasteiger partial charge in [0, 0.05) is 13.0 Å². The number of unbranched alkanes of at least 4 members (excludes halogenated alkanes) is 8. The molecule has 0 atom stereocenters. The van der Waals surface area contributed by atoms with Crippen molar-refractivity contribution in [1.82, 2.24) is 24.4 Å². The van der Waals surface area contributed by atoms with Crippen molar-refractivity contribution in [3.8, 4) is 0 Å². The molecule has 0 aromatic carbocycles. The van der Waals surface area contributed by atoms with Crippen molar-refractivity contribution in [2.24, 2.45) is 0 Å². The number of aromatic nitrogens is 4. The first-order chi connectivity index (χ1) is 15.4. The molecule has 0 radical (unpaired) electrons. The predicted molar refractivity (Wildman–Crippen MR) is 130 cm³/mol. The molecular weight excluding hydrogens is 449 g/mol. The Morgan fingerprint density at radius 3 is 2.16 bits per heavy atom. The molecular formula is C23H37Cl2N5O2. The summed E-state index contributed by atoms with van der Waals surface area (Å²) in [5.41, 5.74) is 1.35. The largest absolute Gasteiger partial charge is 0.469 e. The van der Waals surface area contributed by atoms with Crippen LogP contribution in [0.25, 0.3) is 11.2 Å². The van der Waals surface area contributed by atoms with E-state index in [0.717, 1.165) is 50.2 Å². The van der Waals surface area contributed by atoms with Crippen LogP contribution in [0.5, 0.6) is 0 Å². The molecule has 2 heterocycles. The fourth-order valence-electron chi connectivity index (χ4n) is 3.93. The number of hydrogen-bond acceptors (Lipinski definition) is 6. The molecule has 0 aliphatic rings. The second-order valence-corrected chi connectivity index (χ2v) is 9.13. The van der Waals surface area contributed by atoms with E-state index in [1.54, 1.807) is 0 Å². The molecule has 32 heavy (non-hydrogen) atoms. The molecule has 0 fully saturated rings. The van der Waals surface area contributed by atoms with Gasteiger partial charge in [-0.25, -0.2) is 9.97 Å². The molecule has 2 rings (SSSR count). The minimum Gasteiger partial charge on any atom is -0.469 e. The summed E-state index contributed by atoms with van der Waals surface area (Å²) in [5.74, 6) is 0.793. The lowest BCUT2D eigenvalue weighted by molar-refractivity contribution is -0.140. The molecule has 0 aliphatic carbocycles. The van der Waals surface area contributed by atoms with Crippen LogP contribution < -0.4 is 0 Å². The van der Waals surface area contributed by atoms with Crippen LogP contribution in [0.15, 0.2) is 0 Å². The van der Waals surface area contributed by atoms with Gasteiger partial charge < -0.3 is 14.2 Å². The SMILES string of the molecule is COC(=O)CCCCCCN(C)CCCCCCCCn1c(C)nc2nc(Cl)nc(Cl)c21. The van der Waals surface area contributed by atoms with E-state index in [0.29, 0.717) is 17.2 Å². The highest BCUT2D eigenvalue weighted by Gasteiger charge is 2.14. The molecule has 0 unspecified atom stereocenters. The van der Waals surface area contributed by atoms with Gasteiger partial charge in [0.1, 0.15) is 11.3 Å². The number of carbonyl (C=O) groups excluding carboxylic acids is 1. The van der Waals surface area contributed by atoms with Crippen LogP contribution in [0.1, 0.15) is 76.5 Å². The number of aryl methyl sites for hydroxylation is 2. The van der Waals surface area contributed by atoms with Crippen molar-refractivity contribution in [3.05, 3.63) is 16.3 Å². The van der Waals surface area contributed by atoms with Crippen molar-refractivity contribution in [2.75, 3.05) is 27.2 Å². The summed E-state index contributed by atoms with van der Waals surface area (Å²) in [6, 6.07) is 0. The highest BCUT2D eigenvalue weighted by atomic mass is 35.5. The van der Waals surface area contributed by atoms with Gasteiger partial charge in [-0.05, 0) is 64.3 Å². The third kappa shape index (κ3) is 9.20. The van der Waals surface area contributed by atoms with E-state index in [-0.39, 0.29) is 11.3 Å². The fraction of sp³-hybridized carbons (Fsp3) is 0.739. The summed E-state index contributed by atoms with van der Waals surface area (Å²) in [6.07, 6.45) is 12.3. The number of halogens is 2. The maximum atomic E-state index is 11.1. The number of carbonyl (C=O) groups is 1. The maximum Gasteiger partial charge on any atom is 0.305 e. The average molecular weight is 486 g/mol. The topological polar surface area (TPSA) is 73.1 Å². The van der Waals surface area contributed by atoms with Crippen LogP contribution in [0.2, 0.25) is 10.4 Å². The Morgan fingerprint density at radius 2 is 1.50 bits per heavy atom. The van der Waals surface area contributed by atoms with Gasteiger partial charge in [-0.1, -0.05) is 50.1 Å². The highest BCUT2D eigenvalue weighted by molar-refractivity contribution is 6.35. The molecule has 0 saturated heterocycles. The van der Waals surface area contributed by atoms with E-state index in [2.05, 4.69) is 36.2 Å². The molecule has 0 amide bonds. The van der Waals surface area contributed by atoms with E-state index in [1.807, 2.05) is 6.92 Å². The summed E-state index contributed by atoms with van der Waals surface area (Å²) in [4.78, 5) is 26.2. The molecule has 0 saturated carbocycles. The Kier molecular flexibility index (Phi) is 12.3. The Bertz CT molecular complexity index is 843. The van der Waals surface area contributed by atoms with E-state index in [1.165, 1.54) is 52.1 Å². The predicted octanol–water partition coefficient (Wildman–Crippen LogP) is 5.84. The maximum absolute atomic E-state index is 11.1. The number of ether oxygens (including phenoxy) is 1. The summed E-state index contributed by atoms with van der Waals surface area (Å²) in [6.45, 7) is 5.12. The number of rotatable bonds is 16. The third-order valence-corrected chi connectivity index (χ3v) is 6.23. The van der Waals surface area contributed by atoms with Gasteiger partial charge >= 0.3 is 5.97 Å². The molecule has 0 aliphatic heterocycles. The van der Waals surface area contributed by atoms with Gasteiger partial charge in [0.05, 0.1) is 7.11 Å². The van der Waals surface area contributed by atoms with Crippen molar-refractivity contribution in [1.29, 1.82) is 0 Å². The Balaban J connectivity index is 1.49. The number of fused-ring (bicyclic) bond motifs is 1.